The van der Waals surface area contributed by atoms with Crippen LogP contribution in [0.2, 0.25) is 0 Å². The molecule has 1 aliphatic rings. The Balaban J connectivity index is 1.81. The number of hydrogen-bond acceptors (Lipinski definition) is 5. The van der Waals surface area contributed by atoms with Crippen molar-refractivity contribution in [3.63, 3.8) is 0 Å². The van der Waals surface area contributed by atoms with Crippen LogP contribution in [0, 0.1) is 0 Å². The summed E-state index contributed by atoms with van der Waals surface area (Å²) in [7, 11) is 5.36. The number of benzene rings is 2. The third-order valence-corrected chi connectivity index (χ3v) is 5.15. The first-order valence-corrected chi connectivity index (χ1v) is 9.68. The van der Waals surface area contributed by atoms with Crippen LogP contribution in [0.15, 0.2) is 48.5 Å². The maximum absolute atomic E-state index is 13.1. The molecule has 7 heteroatoms. The largest absolute Gasteiger partial charge is 0.495 e. The number of carbonyl (C=O) groups excluding carboxylic acids is 2. The minimum atomic E-state index is -0.416. The van der Waals surface area contributed by atoms with E-state index >= 15 is 0 Å². The van der Waals surface area contributed by atoms with Gasteiger partial charge in [-0.15, -0.1) is 0 Å². The molecule has 0 aliphatic carbocycles. The van der Waals surface area contributed by atoms with Gasteiger partial charge in [0, 0.05) is 31.9 Å². The molecule has 1 heterocycles. The van der Waals surface area contributed by atoms with Crippen molar-refractivity contribution in [2.45, 2.75) is 6.04 Å². The molecule has 2 amide bonds. The summed E-state index contributed by atoms with van der Waals surface area (Å²) in [6.07, 6.45) is 0.891. The van der Waals surface area contributed by atoms with Gasteiger partial charge in [0.05, 0.1) is 12.8 Å². The number of methoxy groups -OCH3 is 1. The third-order valence-electron chi connectivity index (χ3n) is 5.15. The number of carbonyl (C=O) groups is 2. The van der Waals surface area contributed by atoms with Crippen LogP contribution in [-0.4, -0.2) is 69.5 Å². The molecule has 0 radical (unpaired) electrons. The number of anilines is 2. The molecule has 29 heavy (non-hydrogen) atoms. The summed E-state index contributed by atoms with van der Waals surface area (Å²) in [5, 5.41) is 3.04. The SMILES string of the molecule is COc1ccc(N2CCN(C=O)CC2)cc1NC(=O)C(c1ccccc1)N(C)C. The average Bonchev–Trinajstić information content (AvgIpc) is 2.74. The lowest BCUT2D eigenvalue weighted by atomic mass is 10.1. The van der Waals surface area contributed by atoms with Gasteiger partial charge < -0.3 is 19.9 Å². The van der Waals surface area contributed by atoms with Gasteiger partial charge in [-0.25, -0.2) is 0 Å². The van der Waals surface area contributed by atoms with Gasteiger partial charge in [-0.2, -0.15) is 0 Å². The first-order valence-electron chi connectivity index (χ1n) is 9.68. The second-order valence-corrected chi connectivity index (χ2v) is 7.28. The maximum atomic E-state index is 13.1. The molecule has 1 saturated heterocycles. The van der Waals surface area contributed by atoms with E-state index in [-0.39, 0.29) is 5.91 Å². The fraction of sp³-hybridized carbons (Fsp3) is 0.364. The molecule has 1 fully saturated rings. The minimum Gasteiger partial charge on any atom is -0.495 e. The van der Waals surface area contributed by atoms with Crippen LogP contribution < -0.4 is 15.0 Å². The van der Waals surface area contributed by atoms with Crippen molar-refractivity contribution in [3.05, 3.63) is 54.1 Å². The normalized spacial score (nSPS) is 15.2. The lowest BCUT2D eigenvalue weighted by Crippen LogP contribution is -2.45. The lowest BCUT2D eigenvalue weighted by molar-refractivity contribution is -0.120. The van der Waals surface area contributed by atoms with Crippen molar-refractivity contribution in [2.24, 2.45) is 0 Å². The minimum absolute atomic E-state index is 0.123. The number of amides is 2. The fourth-order valence-electron chi connectivity index (χ4n) is 3.60. The Bertz CT molecular complexity index is 833. The molecule has 2 aromatic carbocycles. The number of nitrogens with zero attached hydrogens (tertiary/aromatic N) is 3. The highest BCUT2D eigenvalue weighted by atomic mass is 16.5. The van der Waals surface area contributed by atoms with Crippen LogP contribution in [-0.2, 0) is 9.59 Å². The van der Waals surface area contributed by atoms with Crippen LogP contribution in [0.5, 0.6) is 5.75 Å². The van der Waals surface area contributed by atoms with E-state index in [1.54, 1.807) is 12.0 Å². The average molecular weight is 396 g/mol. The highest BCUT2D eigenvalue weighted by Gasteiger charge is 2.24. The Morgan fingerprint density at radius 3 is 2.38 bits per heavy atom. The summed E-state index contributed by atoms with van der Waals surface area (Å²) in [5.41, 5.74) is 2.55. The summed E-state index contributed by atoms with van der Waals surface area (Å²) in [5.74, 6) is 0.488. The van der Waals surface area contributed by atoms with E-state index in [4.69, 9.17) is 4.74 Å². The number of rotatable bonds is 7. The summed E-state index contributed by atoms with van der Waals surface area (Å²) in [6, 6.07) is 15.1. The Hall–Kier alpha value is -3.06. The predicted molar refractivity (Wildman–Crippen MR) is 114 cm³/mol. The molecule has 2 aromatic rings. The summed E-state index contributed by atoms with van der Waals surface area (Å²) >= 11 is 0. The number of hydrogen-bond donors (Lipinski definition) is 1. The van der Waals surface area contributed by atoms with Gasteiger partial charge in [0.15, 0.2) is 0 Å². The highest BCUT2D eigenvalue weighted by molar-refractivity contribution is 5.97. The van der Waals surface area contributed by atoms with Gasteiger partial charge in [0.2, 0.25) is 12.3 Å². The molecule has 3 rings (SSSR count). The van der Waals surface area contributed by atoms with Crippen LogP contribution in [0.3, 0.4) is 0 Å². The predicted octanol–water partition coefficient (Wildman–Crippen LogP) is 2.21. The van der Waals surface area contributed by atoms with E-state index in [0.717, 1.165) is 30.8 Å². The summed E-state index contributed by atoms with van der Waals surface area (Å²) in [4.78, 5) is 29.9. The van der Waals surface area contributed by atoms with E-state index < -0.39 is 6.04 Å². The molecule has 1 atom stereocenters. The van der Waals surface area contributed by atoms with E-state index in [0.29, 0.717) is 24.5 Å². The van der Waals surface area contributed by atoms with E-state index in [2.05, 4.69) is 10.2 Å². The first-order chi connectivity index (χ1) is 14.0. The van der Waals surface area contributed by atoms with Crippen molar-refractivity contribution < 1.29 is 14.3 Å². The Labute approximate surface area is 171 Å². The molecule has 1 N–H and O–H groups in total. The van der Waals surface area contributed by atoms with Gasteiger partial charge in [-0.05, 0) is 37.9 Å². The van der Waals surface area contributed by atoms with Crippen LogP contribution in [0.1, 0.15) is 11.6 Å². The monoisotopic (exact) mass is 396 g/mol. The smallest absolute Gasteiger partial charge is 0.246 e. The fourth-order valence-corrected chi connectivity index (χ4v) is 3.60. The highest BCUT2D eigenvalue weighted by Crippen LogP contribution is 2.31. The maximum Gasteiger partial charge on any atom is 0.246 e. The summed E-state index contributed by atoms with van der Waals surface area (Å²) < 4.78 is 5.47. The Morgan fingerprint density at radius 2 is 1.79 bits per heavy atom. The zero-order valence-electron chi connectivity index (χ0n) is 17.2. The second-order valence-electron chi connectivity index (χ2n) is 7.28. The second kappa shape index (κ2) is 9.43. The standard InChI is InChI=1S/C22H28N4O3/c1-24(2)21(17-7-5-4-6-8-17)22(28)23-19-15-18(9-10-20(19)29-3)26-13-11-25(16-27)12-14-26/h4-10,15-16,21H,11-14H2,1-3H3,(H,23,28). The Morgan fingerprint density at radius 1 is 1.10 bits per heavy atom. The third kappa shape index (κ3) is 4.86. The van der Waals surface area contributed by atoms with Crippen molar-refractivity contribution in [3.8, 4) is 5.75 Å². The molecular formula is C22H28N4O3. The molecular weight excluding hydrogens is 368 g/mol. The van der Waals surface area contributed by atoms with E-state index in [1.807, 2.05) is 67.5 Å². The molecule has 0 saturated carbocycles. The van der Waals surface area contributed by atoms with Crippen molar-refractivity contribution in [1.29, 1.82) is 0 Å². The van der Waals surface area contributed by atoms with E-state index in [9.17, 15) is 9.59 Å². The quantitative estimate of drug-likeness (QED) is 0.727. The molecule has 7 nitrogen and oxygen atoms in total. The van der Waals surface area contributed by atoms with Crippen molar-refractivity contribution >= 4 is 23.7 Å². The molecule has 154 valence electrons. The van der Waals surface area contributed by atoms with Crippen LogP contribution >= 0.6 is 0 Å². The topological polar surface area (TPSA) is 65.1 Å². The molecule has 0 spiro atoms. The first kappa shape index (κ1) is 20.7. The molecule has 0 aromatic heterocycles. The van der Waals surface area contributed by atoms with Gasteiger partial charge in [-0.3, -0.25) is 14.5 Å². The van der Waals surface area contributed by atoms with Gasteiger partial charge in [0.1, 0.15) is 11.8 Å². The number of ether oxygens (including phenoxy) is 1. The number of piperazine rings is 1. The Kier molecular flexibility index (Phi) is 6.72. The molecule has 1 unspecified atom stereocenters. The van der Waals surface area contributed by atoms with Gasteiger partial charge >= 0.3 is 0 Å². The van der Waals surface area contributed by atoms with Gasteiger partial charge in [-0.1, -0.05) is 30.3 Å². The van der Waals surface area contributed by atoms with Crippen molar-refractivity contribution in [2.75, 3.05) is 57.6 Å². The zero-order chi connectivity index (χ0) is 20.8. The molecule has 1 aliphatic heterocycles. The van der Waals surface area contributed by atoms with Crippen LogP contribution in [0.4, 0.5) is 11.4 Å². The summed E-state index contributed by atoms with van der Waals surface area (Å²) in [6.45, 7) is 2.88. The zero-order valence-corrected chi connectivity index (χ0v) is 17.2. The van der Waals surface area contributed by atoms with Crippen molar-refractivity contribution in [1.82, 2.24) is 9.80 Å². The lowest BCUT2D eigenvalue weighted by Gasteiger charge is -2.34. The van der Waals surface area contributed by atoms with Gasteiger partial charge in [0.25, 0.3) is 0 Å². The van der Waals surface area contributed by atoms with E-state index in [1.165, 1.54) is 0 Å². The molecule has 0 bridgehead atoms. The number of nitrogens with one attached hydrogen (secondary N) is 1. The van der Waals surface area contributed by atoms with Crippen LogP contribution in [0.25, 0.3) is 0 Å². The number of likely N-dealkylation sites (N-methyl/N-ethyl adjacent to an activating group) is 1.